The third-order valence-electron chi connectivity index (χ3n) is 10.9. The quantitative estimate of drug-likeness (QED) is 0.175. The fraction of sp³-hybridized carbons (Fsp3) is 0.102. The molecule has 0 saturated heterocycles. The molecular formula is C49H38N2. The minimum Gasteiger partial charge on any atom is -0.313 e. The summed E-state index contributed by atoms with van der Waals surface area (Å²) in [5.74, 6) is 0. The lowest BCUT2D eigenvalue weighted by atomic mass is 9.94. The molecule has 0 fully saturated rings. The van der Waals surface area contributed by atoms with Gasteiger partial charge in [0, 0.05) is 33.1 Å². The van der Waals surface area contributed by atoms with Crippen LogP contribution in [0, 0.1) is 0 Å². The van der Waals surface area contributed by atoms with Gasteiger partial charge < -0.3 is 9.13 Å². The molecule has 2 aromatic heterocycles. The van der Waals surface area contributed by atoms with Crippen LogP contribution < -0.4 is 0 Å². The molecule has 0 radical (unpaired) electrons. The standard InChI is InChI=1S/C49H38N2/c1-2-6-16-34(15-5-1)36-25-28-47(42(31-36)35-17-7-3-8-18-35)51-46-24-14-12-22-41(46)44-33-38(27-30-49(44)51)37-26-29-48-43(32-37)40-21-11-13-23-45(40)50(48)39-19-9-4-10-20-39/h1,3-10,12,14-20,22,24-33H,2,11,13,21,23H2. The Labute approximate surface area is 298 Å². The van der Waals surface area contributed by atoms with E-state index in [9.17, 15) is 0 Å². The van der Waals surface area contributed by atoms with Gasteiger partial charge in [0.15, 0.2) is 0 Å². The number of benzene rings is 6. The van der Waals surface area contributed by atoms with Crippen molar-refractivity contribution in [3.63, 3.8) is 0 Å². The topological polar surface area (TPSA) is 9.86 Å². The van der Waals surface area contributed by atoms with Crippen molar-refractivity contribution in [3.8, 4) is 33.6 Å². The highest BCUT2D eigenvalue weighted by molar-refractivity contribution is 6.11. The van der Waals surface area contributed by atoms with Crippen LogP contribution in [0.5, 0.6) is 0 Å². The predicted octanol–water partition coefficient (Wildman–Crippen LogP) is 12.8. The lowest BCUT2D eigenvalue weighted by Crippen LogP contribution is -2.06. The predicted molar refractivity (Wildman–Crippen MR) is 216 cm³/mol. The van der Waals surface area contributed by atoms with E-state index in [1.54, 1.807) is 0 Å². The Balaban J connectivity index is 1.15. The summed E-state index contributed by atoms with van der Waals surface area (Å²) >= 11 is 0. The highest BCUT2D eigenvalue weighted by Crippen LogP contribution is 2.41. The van der Waals surface area contributed by atoms with E-state index in [0.717, 1.165) is 19.3 Å². The van der Waals surface area contributed by atoms with Gasteiger partial charge in [-0.3, -0.25) is 0 Å². The van der Waals surface area contributed by atoms with Crippen LogP contribution in [-0.4, -0.2) is 9.13 Å². The van der Waals surface area contributed by atoms with Crippen molar-refractivity contribution >= 4 is 38.3 Å². The number of aryl methyl sites for hydroxylation is 1. The summed E-state index contributed by atoms with van der Waals surface area (Å²) in [6, 6.07) is 51.8. The maximum Gasteiger partial charge on any atom is 0.0541 e. The molecule has 2 aliphatic rings. The zero-order chi connectivity index (χ0) is 33.7. The van der Waals surface area contributed by atoms with Crippen LogP contribution in [0.25, 0.3) is 71.9 Å². The van der Waals surface area contributed by atoms with Crippen LogP contribution in [0.15, 0.2) is 170 Å². The molecule has 2 heteroatoms. The van der Waals surface area contributed by atoms with Gasteiger partial charge in [-0.05, 0) is 120 Å². The van der Waals surface area contributed by atoms with Gasteiger partial charge in [0.1, 0.15) is 0 Å². The summed E-state index contributed by atoms with van der Waals surface area (Å²) in [5, 5.41) is 3.94. The van der Waals surface area contributed by atoms with Crippen molar-refractivity contribution in [2.45, 2.75) is 32.1 Å². The van der Waals surface area contributed by atoms with Gasteiger partial charge in [0.25, 0.3) is 0 Å². The van der Waals surface area contributed by atoms with E-state index in [-0.39, 0.29) is 0 Å². The molecule has 51 heavy (non-hydrogen) atoms. The number of aromatic nitrogens is 2. The SMILES string of the molecule is C1=CCC=CC(c2ccc(-n3c4ccccc4c4cc(-c5ccc6c(c5)c5c(n6-c6ccccc6)CCCC5)ccc43)c(-c3ccccc3)c2)=C1. The van der Waals surface area contributed by atoms with E-state index >= 15 is 0 Å². The van der Waals surface area contributed by atoms with E-state index < -0.39 is 0 Å². The molecule has 2 heterocycles. The summed E-state index contributed by atoms with van der Waals surface area (Å²) in [5.41, 5.74) is 16.6. The number of rotatable bonds is 5. The van der Waals surface area contributed by atoms with Gasteiger partial charge in [-0.25, -0.2) is 0 Å². The number of hydrogen-bond donors (Lipinski definition) is 0. The van der Waals surface area contributed by atoms with Crippen LogP contribution in [0.2, 0.25) is 0 Å². The minimum atomic E-state index is 0.962. The Morgan fingerprint density at radius 2 is 1.16 bits per heavy atom. The Bertz CT molecular complexity index is 2700. The fourth-order valence-electron chi connectivity index (χ4n) is 8.54. The Hall–Kier alpha value is -6.12. The van der Waals surface area contributed by atoms with Crippen LogP contribution in [-0.2, 0) is 12.8 Å². The third kappa shape index (κ3) is 5.02. The van der Waals surface area contributed by atoms with E-state index in [4.69, 9.17) is 0 Å². The van der Waals surface area contributed by atoms with Crippen molar-refractivity contribution in [2.24, 2.45) is 0 Å². The van der Waals surface area contributed by atoms with E-state index in [2.05, 4.69) is 179 Å². The van der Waals surface area contributed by atoms with Crippen molar-refractivity contribution in [1.29, 1.82) is 0 Å². The zero-order valence-electron chi connectivity index (χ0n) is 28.6. The maximum atomic E-state index is 2.51. The van der Waals surface area contributed by atoms with E-state index in [0.29, 0.717) is 0 Å². The second-order valence-corrected chi connectivity index (χ2v) is 13.9. The molecule has 2 aliphatic carbocycles. The second kappa shape index (κ2) is 12.3. The molecule has 10 rings (SSSR count). The van der Waals surface area contributed by atoms with E-state index in [1.807, 2.05) is 0 Å². The fourth-order valence-corrected chi connectivity index (χ4v) is 8.54. The summed E-state index contributed by atoms with van der Waals surface area (Å²) in [6.45, 7) is 0. The first kappa shape index (κ1) is 29.8. The molecular weight excluding hydrogens is 617 g/mol. The third-order valence-corrected chi connectivity index (χ3v) is 10.9. The van der Waals surface area contributed by atoms with Crippen molar-refractivity contribution in [1.82, 2.24) is 9.13 Å². The first-order valence-corrected chi connectivity index (χ1v) is 18.3. The molecule has 0 bridgehead atoms. The number of hydrogen-bond acceptors (Lipinski definition) is 0. The zero-order valence-corrected chi connectivity index (χ0v) is 28.6. The minimum absolute atomic E-state index is 0.962. The summed E-state index contributed by atoms with van der Waals surface area (Å²) in [7, 11) is 0. The lowest BCUT2D eigenvalue weighted by Gasteiger charge is -2.16. The highest BCUT2D eigenvalue weighted by atomic mass is 15.0. The molecule has 244 valence electrons. The van der Waals surface area contributed by atoms with Crippen molar-refractivity contribution in [3.05, 3.63) is 187 Å². The summed E-state index contributed by atoms with van der Waals surface area (Å²) in [6.07, 6.45) is 16.8. The smallest absolute Gasteiger partial charge is 0.0541 e. The maximum absolute atomic E-state index is 2.51. The van der Waals surface area contributed by atoms with Crippen molar-refractivity contribution in [2.75, 3.05) is 0 Å². The number of allylic oxidation sites excluding steroid dienone is 6. The van der Waals surface area contributed by atoms with Gasteiger partial charge in [-0.15, -0.1) is 0 Å². The van der Waals surface area contributed by atoms with Gasteiger partial charge >= 0.3 is 0 Å². The van der Waals surface area contributed by atoms with Crippen molar-refractivity contribution < 1.29 is 0 Å². The number of para-hydroxylation sites is 2. The van der Waals surface area contributed by atoms with Crippen LogP contribution in [0.3, 0.4) is 0 Å². The molecule has 0 unspecified atom stereocenters. The Kier molecular flexibility index (Phi) is 7.20. The van der Waals surface area contributed by atoms with Crippen LogP contribution in [0.1, 0.15) is 36.1 Å². The molecule has 0 atom stereocenters. The van der Waals surface area contributed by atoms with E-state index in [1.165, 1.54) is 102 Å². The largest absolute Gasteiger partial charge is 0.313 e. The molecule has 6 aromatic carbocycles. The number of nitrogens with zero attached hydrogens (tertiary/aromatic N) is 2. The van der Waals surface area contributed by atoms with Gasteiger partial charge in [0.05, 0.1) is 22.2 Å². The van der Waals surface area contributed by atoms with Gasteiger partial charge in [-0.2, -0.15) is 0 Å². The van der Waals surface area contributed by atoms with Crippen LogP contribution in [0.4, 0.5) is 0 Å². The monoisotopic (exact) mass is 654 g/mol. The average Bonchev–Trinajstić information content (AvgIpc) is 3.55. The summed E-state index contributed by atoms with van der Waals surface area (Å²) < 4.78 is 4.98. The molecule has 8 aromatic rings. The molecule has 0 saturated carbocycles. The Morgan fingerprint density at radius 1 is 0.471 bits per heavy atom. The molecule has 2 nitrogen and oxygen atoms in total. The van der Waals surface area contributed by atoms with Gasteiger partial charge in [-0.1, -0.05) is 115 Å². The second-order valence-electron chi connectivity index (χ2n) is 13.9. The Morgan fingerprint density at radius 3 is 2.00 bits per heavy atom. The average molecular weight is 655 g/mol. The lowest BCUT2D eigenvalue weighted by molar-refractivity contribution is 0.667. The first-order valence-electron chi connectivity index (χ1n) is 18.3. The molecule has 0 amide bonds. The highest BCUT2D eigenvalue weighted by Gasteiger charge is 2.22. The van der Waals surface area contributed by atoms with Crippen LogP contribution >= 0.6 is 0 Å². The normalized spacial score (nSPS) is 14.2. The molecule has 0 N–H and O–H groups in total. The molecule has 0 aliphatic heterocycles. The van der Waals surface area contributed by atoms with Gasteiger partial charge in [0.2, 0.25) is 0 Å². The first-order chi connectivity index (χ1) is 25.3. The summed E-state index contributed by atoms with van der Waals surface area (Å²) in [4.78, 5) is 0. The number of fused-ring (bicyclic) bond motifs is 6. The molecule has 0 spiro atoms.